The molecule has 6 nitrogen and oxygen atoms in total. The summed E-state index contributed by atoms with van der Waals surface area (Å²) in [6, 6.07) is 10.6. The number of anilines is 1. The van der Waals surface area contributed by atoms with Gasteiger partial charge in [0.25, 0.3) is 5.56 Å². The summed E-state index contributed by atoms with van der Waals surface area (Å²) in [6.07, 6.45) is 1.60. The number of aromatic nitrogens is 3. The molecule has 0 aliphatic heterocycles. The second kappa shape index (κ2) is 6.84. The predicted octanol–water partition coefficient (Wildman–Crippen LogP) is 2.77. The fraction of sp³-hybridized carbons (Fsp3) is 0.0667. The lowest BCUT2D eigenvalue weighted by molar-refractivity contribution is -0.117. The van der Waals surface area contributed by atoms with Gasteiger partial charge in [0.05, 0.1) is 5.69 Å². The molecule has 0 unspecified atom stereocenters. The molecule has 0 fully saturated rings. The number of hydrogen-bond donors (Lipinski definition) is 1. The molecule has 1 N–H and O–H groups in total. The number of carbonyl (C=O) groups excluding carboxylic acids is 1. The topological polar surface area (TPSA) is 76.9 Å². The second-order valence-electron chi connectivity index (χ2n) is 4.61. The summed E-state index contributed by atoms with van der Waals surface area (Å²) >= 11 is 4.71. The molecule has 2 aromatic heterocycles. The minimum Gasteiger partial charge on any atom is -0.300 e. The maximum atomic E-state index is 12.0. The van der Waals surface area contributed by atoms with Gasteiger partial charge in [-0.3, -0.25) is 9.59 Å². The molecule has 116 valence electrons. The Balaban J connectivity index is 1.83. The van der Waals surface area contributed by atoms with Crippen LogP contribution in [0.15, 0.2) is 57.2 Å². The van der Waals surface area contributed by atoms with Crippen LogP contribution in [-0.2, 0) is 11.3 Å². The van der Waals surface area contributed by atoms with Crippen molar-refractivity contribution < 1.29 is 4.79 Å². The molecule has 0 atom stereocenters. The lowest BCUT2D eigenvalue weighted by atomic mass is 10.1. The van der Waals surface area contributed by atoms with Gasteiger partial charge in [-0.2, -0.15) is 5.10 Å². The number of carbonyl (C=O) groups is 1. The third kappa shape index (κ3) is 3.91. The van der Waals surface area contributed by atoms with Crippen LogP contribution < -0.4 is 10.9 Å². The highest BCUT2D eigenvalue weighted by Crippen LogP contribution is 2.20. The van der Waals surface area contributed by atoms with Gasteiger partial charge in [0.1, 0.15) is 6.54 Å². The zero-order valence-corrected chi connectivity index (χ0v) is 14.2. The van der Waals surface area contributed by atoms with E-state index in [1.807, 2.05) is 24.3 Å². The minimum atomic E-state index is -0.346. The zero-order valence-electron chi connectivity index (χ0n) is 11.8. The molecular weight excluding hydrogens is 380 g/mol. The zero-order chi connectivity index (χ0) is 16.2. The second-order valence-corrected chi connectivity index (χ2v) is 6.42. The lowest BCUT2D eigenvalue weighted by Crippen LogP contribution is -2.29. The van der Waals surface area contributed by atoms with Crippen molar-refractivity contribution in [3.8, 4) is 11.3 Å². The summed E-state index contributed by atoms with van der Waals surface area (Å²) in [5.74, 6) is -0.346. The lowest BCUT2D eigenvalue weighted by Gasteiger charge is -2.07. The number of rotatable bonds is 4. The van der Waals surface area contributed by atoms with Crippen molar-refractivity contribution in [1.82, 2.24) is 14.8 Å². The van der Waals surface area contributed by atoms with E-state index in [1.54, 1.807) is 17.6 Å². The molecule has 23 heavy (non-hydrogen) atoms. The van der Waals surface area contributed by atoms with Crippen LogP contribution in [0, 0.1) is 0 Å². The Bertz CT molecular complexity index is 892. The van der Waals surface area contributed by atoms with Crippen LogP contribution >= 0.6 is 27.3 Å². The standard InChI is InChI=1S/C15H11BrN4O2S/c16-11-3-1-2-10(8-11)12-4-5-14(22)20(19-12)9-13(21)18-15-17-6-7-23-15/h1-8H,9H2,(H,17,18,21). The van der Waals surface area contributed by atoms with E-state index < -0.39 is 0 Å². The number of benzene rings is 1. The first-order valence-electron chi connectivity index (χ1n) is 6.65. The first-order valence-corrected chi connectivity index (χ1v) is 8.32. The van der Waals surface area contributed by atoms with Crippen LogP contribution in [-0.4, -0.2) is 20.7 Å². The van der Waals surface area contributed by atoms with E-state index in [1.165, 1.54) is 17.4 Å². The summed E-state index contributed by atoms with van der Waals surface area (Å²) < 4.78 is 2.05. The van der Waals surface area contributed by atoms with E-state index in [4.69, 9.17) is 0 Å². The van der Waals surface area contributed by atoms with Crippen LogP contribution in [0.1, 0.15) is 0 Å². The maximum Gasteiger partial charge on any atom is 0.267 e. The highest BCUT2D eigenvalue weighted by atomic mass is 79.9. The molecule has 8 heteroatoms. The average Bonchev–Trinajstić information content (AvgIpc) is 3.02. The molecule has 0 aliphatic rings. The highest BCUT2D eigenvalue weighted by Gasteiger charge is 2.09. The van der Waals surface area contributed by atoms with Gasteiger partial charge in [0, 0.05) is 27.7 Å². The van der Waals surface area contributed by atoms with E-state index in [0.29, 0.717) is 10.8 Å². The molecule has 2 heterocycles. The van der Waals surface area contributed by atoms with Crippen LogP contribution in [0.4, 0.5) is 5.13 Å². The van der Waals surface area contributed by atoms with E-state index in [9.17, 15) is 9.59 Å². The number of halogens is 1. The number of nitrogens with zero attached hydrogens (tertiary/aromatic N) is 3. The van der Waals surface area contributed by atoms with E-state index >= 15 is 0 Å². The summed E-state index contributed by atoms with van der Waals surface area (Å²) in [7, 11) is 0. The Morgan fingerprint density at radius 1 is 1.30 bits per heavy atom. The fourth-order valence-electron chi connectivity index (χ4n) is 1.94. The Kier molecular flexibility index (Phi) is 4.63. The fourth-order valence-corrected chi connectivity index (χ4v) is 2.89. The third-order valence-corrected chi connectivity index (χ3v) is 4.14. The Labute approximate surface area is 143 Å². The molecule has 3 aromatic rings. The molecular formula is C15H11BrN4O2S. The van der Waals surface area contributed by atoms with Gasteiger partial charge in [0.15, 0.2) is 5.13 Å². The van der Waals surface area contributed by atoms with Gasteiger partial charge in [-0.25, -0.2) is 9.67 Å². The van der Waals surface area contributed by atoms with Crippen LogP contribution in [0.3, 0.4) is 0 Å². The molecule has 1 aromatic carbocycles. The molecule has 0 saturated carbocycles. The summed E-state index contributed by atoms with van der Waals surface area (Å²) in [4.78, 5) is 27.9. The molecule has 0 spiro atoms. The monoisotopic (exact) mass is 390 g/mol. The molecule has 0 aliphatic carbocycles. The summed E-state index contributed by atoms with van der Waals surface area (Å²) in [5, 5.41) is 9.14. The molecule has 0 saturated heterocycles. The molecule has 0 radical (unpaired) electrons. The highest BCUT2D eigenvalue weighted by molar-refractivity contribution is 9.10. The minimum absolute atomic E-state index is 0.166. The van der Waals surface area contributed by atoms with E-state index in [0.717, 1.165) is 14.7 Å². The third-order valence-electron chi connectivity index (χ3n) is 2.96. The van der Waals surface area contributed by atoms with Crippen molar-refractivity contribution in [3.05, 3.63) is 62.8 Å². The Morgan fingerprint density at radius 2 is 2.17 bits per heavy atom. The van der Waals surface area contributed by atoms with Crippen molar-refractivity contribution in [2.45, 2.75) is 6.54 Å². The summed E-state index contributed by atoms with van der Waals surface area (Å²) in [5.41, 5.74) is 1.14. The van der Waals surface area contributed by atoms with Crippen molar-refractivity contribution in [2.24, 2.45) is 0 Å². The van der Waals surface area contributed by atoms with Gasteiger partial charge in [0.2, 0.25) is 5.91 Å². The normalized spacial score (nSPS) is 10.5. The van der Waals surface area contributed by atoms with Gasteiger partial charge >= 0.3 is 0 Å². The Hall–Kier alpha value is -2.32. The van der Waals surface area contributed by atoms with Gasteiger partial charge in [-0.15, -0.1) is 11.3 Å². The summed E-state index contributed by atoms with van der Waals surface area (Å²) in [6.45, 7) is -0.166. The van der Waals surface area contributed by atoms with Crippen LogP contribution in [0.25, 0.3) is 11.3 Å². The predicted molar refractivity (Wildman–Crippen MR) is 92.4 cm³/mol. The van der Waals surface area contributed by atoms with Gasteiger partial charge in [-0.05, 0) is 18.2 Å². The Morgan fingerprint density at radius 3 is 2.91 bits per heavy atom. The van der Waals surface area contributed by atoms with Crippen molar-refractivity contribution >= 4 is 38.3 Å². The number of hydrogen-bond acceptors (Lipinski definition) is 5. The molecule has 0 bridgehead atoms. The van der Waals surface area contributed by atoms with E-state index in [2.05, 4.69) is 31.3 Å². The molecule has 1 amide bonds. The first kappa shape index (κ1) is 15.6. The molecule has 3 rings (SSSR count). The van der Waals surface area contributed by atoms with Crippen LogP contribution in [0.5, 0.6) is 0 Å². The van der Waals surface area contributed by atoms with E-state index in [-0.39, 0.29) is 18.0 Å². The van der Waals surface area contributed by atoms with Crippen LogP contribution in [0.2, 0.25) is 0 Å². The maximum absolute atomic E-state index is 12.0. The van der Waals surface area contributed by atoms with Crippen molar-refractivity contribution in [3.63, 3.8) is 0 Å². The average molecular weight is 391 g/mol. The largest absolute Gasteiger partial charge is 0.300 e. The first-order chi connectivity index (χ1) is 11.1. The van der Waals surface area contributed by atoms with Gasteiger partial charge in [-0.1, -0.05) is 28.1 Å². The number of thiazole rings is 1. The smallest absolute Gasteiger partial charge is 0.267 e. The van der Waals surface area contributed by atoms with Gasteiger partial charge < -0.3 is 5.32 Å². The number of nitrogens with one attached hydrogen (secondary N) is 1. The number of amides is 1. The quantitative estimate of drug-likeness (QED) is 0.742. The van der Waals surface area contributed by atoms with Crippen molar-refractivity contribution in [1.29, 1.82) is 0 Å². The van der Waals surface area contributed by atoms with Crippen molar-refractivity contribution in [2.75, 3.05) is 5.32 Å². The SMILES string of the molecule is O=C(Cn1nc(-c2cccc(Br)c2)ccc1=O)Nc1nccs1.